The molecule has 1 aromatic carbocycles. The van der Waals surface area contributed by atoms with Gasteiger partial charge in [0.05, 0.1) is 6.34 Å². The summed E-state index contributed by atoms with van der Waals surface area (Å²) in [5.74, 6) is 1.33. The zero-order valence-corrected chi connectivity index (χ0v) is 14.4. The first-order valence-corrected chi connectivity index (χ1v) is 8.53. The minimum atomic E-state index is -0.489. The Morgan fingerprint density at radius 3 is 2.55 bits per heavy atom. The normalized spacial score (nSPS) is 27.9. The first kappa shape index (κ1) is 15.8. The predicted octanol–water partition coefficient (Wildman–Crippen LogP) is 4.52. The van der Waals surface area contributed by atoms with Crippen molar-refractivity contribution >= 4 is 17.9 Å². The molecule has 22 heavy (non-hydrogen) atoms. The molecule has 3 rings (SSSR count). The SMILES string of the molecule is COC1(CC(C)C)N=CN(CC2CC2)C1c1ccc(Cl)cc1. The molecule has 4 heteroatoms. The Labute approximate surface area is 138 Å². The number of methoxy groups -OCH3 is 1. The monoisotopic (exact) mass is 320 g/mol. The van der Waals surface area contributed by atoms with E-state index in [1.807, 2.05) is 18.5 Å². The van der Waals surface area contributed by atoms with Crippen LogP contribution in [0.15, 0.2) is 29.3 Å². The van der Waals surface area contributed by atoms with Gasteiger partial charge in [-0.25, -0.2) is 4.99 Å². The van der Waals surface area contributed by atoms with Crippen molar-refractivity contribution < 1.29 is 4.74 Å². The van der Waals surface area contributed by atoms with Crippen molar-refractivity contribution in [1.29, 1.82) is 0 Å². The molecule has 0 radical (unpaired) electrons. The highest BCUT2D eigenvalue weighted by atomic mass is 35.5. The van der Waals surface area contributed by atoms with E-state index in [0.717, 1.165) is 23.9 Å². The molecular formula is C18H25ClN2O. The van der Waals surface area contributed by atoms with E-state index in [1.165, 1.54) is 18.4 Å². The van der Waals surface area contributed by atoms with Crippen LogP contribution in [0.1, 0.15) is 44.7 Å². The third-order valence-corrected chi connectivity index (χ3v) is 4.84. The molecule has 0 amide bonds. The highest BCUT2D eigenvalue weighted by Crippen LogP contribution is 2.45. The summed E-state index contributed by atoms with van der Waals surface area (Å²) in [6.45, 7) is 5.51. The first-order valence-electron chi connectivity index (χ1n) is 8.16. The summed E-state index contributed by atoms with van der Waals surface area (Å²) in [6, 6.07) is 8.27. The second kappa shape index (κ2) is 6.21. The highest BCUT2D eigenvalue weighted by Gasteiger charge is 2.47. The van der Waals surface area contributed by atoms with Gasteiger partial charge in [-0.05, 0) is 42.4 Å². The molecule has 2 unspecified atom stereocenters. The Morgan fingerprint density at radius 2 is 2.00 bits per heavy atom. The Bertz CT molecular complexity index is 539. The van der Waals surface area contributed by atoms with Crippen molar-refractivity contribution in [2.45, 2.75) is 44.9 Å². The molecule has 2 atom stereocenters. The number of nitrogens with zero attached hydrogens (tertiary/aromatic N) is 2. The van der Waals surface area contributed by atoms with Crippen LogP contribution in [0.5, 0.6) is 0 Å². The van der Waals surface area contributed by atoms with E-state index in [0.29, 0.717) is 5.92 Å². The summed E-state index contributed by atoms with van der Waals surface area (Å²) in [5.41, 5.74) is 0.738. The molecule has 1 aromatic rings. The topological polar surface area (TPSA) is 24.8 Å². The zero-order chi connectivity index (χ0) is 15.7. The standard InChI is InChI=1S/C18H25ClN2O/c1-13(2)10-18(22-3)17(15-6-8-16(19)9-7-15)21(12-20-18)11-14-4-5-14/h6-9,12-14,17H,4-5,10-11H2,1-3H3. The van der Waals surface area contributed by atoms with Gasteiger partial charge in [0, 0.05) is 25.1 Å². The molecule has 0 saturated heterocycles. The molecule has 1 aliphatic carbocycles. The number of halogens is 1. The van der Waals surface area contributed by atoms with E-state index in [1.54, 1.807) is 7.11 Å². The highest BCUT2D eigenvalue weighted by molar-refractivity contribution is 6.30. The van der Waals surface area contributed by atoms with Crippen LogP contribution < -0.4 is 0 Å². The fraction of sp³-hybridized carbons (Fsp3) is 0.611. The van der Waals surface area contributed by atoms with Gasteiger partial charge in [-0.2, -0.15) is 0 Å². The lowest BCUT2D eigenvalue weighted by Crippen LogP contribution is -2.42. The van der Waals surface area contributed by atoms with E-state index in [2.05, 4.69) is 30.9 Å². The Hall–Kier alpha value is -1.06. The summed E-state index contributed by atoms with van der Waals surface area (Å²) in [7, 11) is 1.78. The van der Waals surface area contributed by atoms with Crippen molar-refractivity contribution in [1.82, 2.24) is 4.90 Å². The smallest absolute Gasteiger partial charge is 0.184 e. The van der Waals surface area contributed by atoms with E-state index < -0.39 is 5.72 Å². The van der Waals surface area contributed by atoms with E-state index in [-0.39, 0.29) is 6.04 Å². The van der Waals surface area contributed by atoms with Gasteiger partial charge in [0.2, 0.25) is 0 Å². The molecule has 0 N–H and O–H groups in total. The summed E-state index contributed by atoms with van der Waals surface area (Å²) in [6.07, 6.45) is 5.58. The van der Waals surface area contributed by atoms with Crippen molar-refractivity contribution in [3.05, 3.63) is 34.9 Å². The fourth-order valence-electron chi connectivity index (χ4n) is 3.41. The van der Waals surface area contributed by atoms with E-state index in [9.17, 15) is 0 Å². The molecule has 120 valence electrons. The third-order valence-electron chi connectivity index (χ3n) is 4.59. The summed E-state index contributed by atoms with van der Waals surface area (Å²) in [4.78, 5) is 7.18. The lowest BCUT2D eigenvalue weighted by molar-refractivity contribution is -0.0579. The Balaban J connectivity index is 1.93. The minimum absolute atomic E-state index is 0.137. The average molecular weight is 321 g/mol. The maximum atomic E-state index is 6.06. The summed E-state index contributed by atoms with van der Waals surface area (Å²) >= 11 is 6.06. The number of ether oxygens (including phenoxy) is 1. The zero-order valence-electron chi connectivity index (χ0n) is 13.6. The first-order chi connectivity index (χ1) is 10.5. The second-order valence-corrected chi connectivity index (χ2v) is 7.42. The lowest BCUT2D eigenvalue weighted by Gasteiger charge is -2.37. The molecular weight excluding hydrogens is 296 g/mol. The van der Waals surface area contributed by atoms with Crippen LogP contribution in [-0.2, 0) is 4.74 Å². The summed E-state index contributed by atoms with van der Waals surface area (Å²) in [5, 5.41) is 0.767. The molecule has 1 aliphatic heterocycles. The predicted molar refractivity (Wildman–Crippen MR) is 91.3 cm³/mol. The maximum Gasteiger partial charge on any atom is 0.184 e. The molecule has 1 saturated carbocycles. The molecule has 0 bridgehead atoms. The molecule has 0 spiro atoms. The van der Waals surface area contributed by atoms with Crippen LogP contribution in [0, 0.1) is 11.8 Å². The number of aliphatic imine (C=N–C) groups is 1. The number of hydrogen-bond donors (Lipinski definition) is 0. The van der Waals surface area contributed by atoms with Crippen LogP contribution in [-0.4, -0.2) is 30.6 Å². The van der Waals surface area contributed by atoms with Gasteiger partial charge in [0.25, 0.3) is 0 Å². The van der Waals surface area contributed by atoms with Gasteiger partial charge in [0.1, 0.15) is 6.04 Å². The maximum absolute atomic E-state index is 6.06. The van der Waals surface area contributed by atoms with Gasteiger partial charge in [-0.15, -0.1) is 0 Å². The van der Waals surface area contributed by atoms with Gasteiger partial charge in [-0.3, -0.25) is 0 Å². The molecule has 3 nitrogen and oxygen atoms in total. The Morgan fingerprint density at radius 1 is 1.32 bits per heavy atom. The largest absolute Gasteiger partial charge is 0.355 e. The van der Waals surface area contributed by atoms with Gasteiger partial charge in [0.15, 0.2) is 5.72 Å². The van der Waals surface area contributed by atoms with E-state index in [4.69, 9.17) is 21.3 Å². The van der Waals surface area contributed by atoms with Crippen LogP contribution in [0.4, 0.5) is 0 Å². The lowest BCUT2D eigenvalue weighted by atomic mass is 9.89. The summed E-state index contributed by atoms with van der Waals surface area (Å²) < 4.78 is 5.97. The molecule has 1 fully saturated rings. The molecule has 0 aromatic heterocycles. The van der Waals surface area contributed by atoms with Crippen molar-refractivity contribution in [3.8, 4) is 0 Å². The van der Waals surface area contributed by atoms with Gasteiger partial charge < -0.3 is 9.64 Å². The van der Waals surface area contributed by atoms with Gasteiger partial charge in [-0.1, -0.05) is 37.6 Å². The molecule has 1 heterocycles. The van der Waals surface area contributed by atoms with E-state index >= 15 is 0 Å². The second-order valence-electron chi connectivity index (χ2n) is 6.99. The van der Waals surface area contributed by atoms with Crippen molar-refractivity contribution in [2.24, 2.45) is 16.8 Å². The number of hydrogen-bond acceptors (Lipinski definition) is 3. The molecule has 2 aliphatic rings. The van der Waals surface area contributed by atoms with Crippen LogP contribution in [0.2, 0.25) is 5.02 Å². The Kier molecular flexibility index (Phi) is 4.47. The number of benzene rings is 1. The fourth-order valence-corrected chi connectivity index (χ4v) is 3.54. The van der Waals surface area contributed by atoms with Crippen LogP contribution in [0.3, 0.4) is 0 Å². The van der Waals surface area contributed by atoms with Crippen LogP contribution >= 0.6 is 11.6 Å². The minimum Gasteiger partial charge on any atom is -0.355 e. The van der Waals surface area contributed by atoms with Crippen molar-refractivity contribution in [3.63, 3.8) is 0 Å². The average Bonchev–Trinajstić information content (AvgIpc) is 3.23. The van der Waals surface area contributed by atoms with Crippen LogP contribution in [0.25, 0.3) is 0 Å². The third kappa shape index (κ3) is 3.16. The van der Waals surface area contributed by atoms with Crippen molar-refractivity contribution in [2.75, 3.05) is 13.7 Å². The quantitative estimate of drug-likeness (QED) is 0.769. The van der Waals surface area contributed by atoms with Gasteiger partial charge >= 0.3 is 0 Å². The number of rotatable bonds is 6.